The third-order valence-corrected chi connectivity index (χ3v) is 2.34. The van der Waals surface area contributed by atoms with Crippen LogP contribution < -0.4 is 0 Å². The minimum atomic E-state index is -1.69. The maximum Gasteiger partial charge on any atom is 0.331 e. The van der Waals surface area contributed by atoms with Crippen molar-refractivity contribution in [2.75, 3.05) is 6.61 Å². The van der Waals surface area contributed by atoms with E-state index in [2.05, 4.69) is 0 Å². The van der Waals surface area contributed by atoms with E-state index < -0.39 is 17.5 Å². The van der Waals surface area contributed by atoms with E-state index in [0.717, 1.165) is 12.2 Å². The van der Waals surface area contributed by atoms with E-state index in [4.69, 9.17) is 15.3 Å². The molecule has 18 heavy (non-hydrogen) atoms. The van der Waals surface area contributed by atoms with Crippen LogP contribution in [0, 0.1) is 0 Å². The lowest BCUT2D eigenvalue weighted by Crippen LogP contribution is -2.26. The van der Waals surface area contributed by atoms with Gasteiger partial charge >= 0.3 is 11.9 Å². The molecule has 0 aromatic heterocycles. The molecule has 0 fully saturated rings. The van der Waals surface area contributed by atoms with Crippen LogP contribution in [0.5, 0.6) is 0 Å². The van der Waals surface area contributed by atoms with E-state index in [1.165, 1.54) is 13.8 Å². The molecule has 0 radical (unpaired) electrons. The number of aliphatic hydroxyl groups is 2. The van der Waals surface area contributed by atoms with Crippen LogP contribution in [0.25, 0.3) is 0 Å². The van der Waals surface area contributed by atoms with E-state index in [9.17, 15) is 14.7 Å². The average molecular weight is 258 g/mol. The molecule has 6 heteroatoms. The molecule has 0 unspecified atom stereocenters. The van der Waals surface area contributed by atoms with E-state index in [1.54, 1.807) is 0 Å². The smallest absolute Gasteiger partial charge is 0.331 e. The van der Waals surface area contributed by atoms with Gasteiger partial charge in [0.05, 0.1) is 0 Å². The second kappa shape index (κ2) is 6.93. The van der Waals surface area contributed by atoms with Crippen molar-refractivity contribution in [1.82, 2.24) is 0 Å². The molecule has 0 aromatic carbocycles. The summed E-state index contributed by atoms with van der Waals surface area (Å²) in [6, 6.07) is 0. The second-order valence-corrected chi connectivity index (χ2v) is 4.08. The first-order valence-electron chi connectivity index (χ1n) is 5.40. The molecule has 0 heterocycles. The molecule has 6 nitrogen and oxygen atoms in total. The number of hydrogen-bond donors (Lipinski definition) is 4. The van der Waals surface area contributed by atoms with Crippen molar-refractivity contribution in [3.05, 3.63) is 23.3 Å². The minimum absolute atomic E-state index is 0.0404. The molecule has 0 saturated carbocycles. The second-order valence-electron chi connectivity index (χ2n) is 4.08. The number of carboxylic acids is 2. The van der Waals surface area contributed by atoms with Gasteiger partial charge in [-0.2, -0.15) is 0 Å². The summed E-state index contributed by atoms with van der Waals surface area (Å²) < 4.78 is 0. The van der Waals surface area contributed by atoms with Gasteiger partial charge in [0.2, 0.25) is 0 Å². The van der Waals surface area contributed by atoms with Crippen LogP contribution in [-0.2, 0) is 9.59 Å². The van der Waals surface area contributed by atoms with Gasteiger partial charge in [-0.05, 0) is 38.8 Å². The van der Waals surface area contributed by atoms with E-state index in [-0.39, 0.29) is 30.6 Å². The van der Waals surface area contributed by atoms with Gasteiger partial charge in [-0.1, -0.05) is 0 Å². The molecular weight excluding hydrogens is 240 g/mol. The maximum atomic E-state index is 10.7. The molecule has 0 aliphatic rings. The van der Waals surface area contributed by atoms with Gasteiger partial charge in [0.1, 0.15) is 5.60 Å². The lowest BCUT2D eigenvalue weighted by atomic mass is 9.92. The predicted octanol–water partition coefficient (Wildman–Crippen LogP) is 0.552. The Morgan fingerprint density at radius 3 is 1.72 bits per heavy atom. The molecule has 0 amide bonds. The fourth-order valence-corrected chi connectivity index (χ4v) is 1.42. The van der Waals surface area contributed by atoms with Gasteiger partial charge < -0.3 is 20.4 Å². The Bertz CT molecular complexity index is 350. The van der Waals surface area contributed by atoms with Crippen molar-refractivity contribution < 1.29 is 30.0 Å². The molecule has 4 N–H and O–H groups in total. The Morgan fingerprint density at radius 2 is 1.44 bits per heavy atom. The van der Waals surface area contributed by atoms with E-state index in [0.29, 0.717) is 0 Å². The van der Waals surface area contributed by atoms with Crippen LogP contribution in [-0.4, -0.2) is 44.6 Å². The van der Waals surface area contributed by atoms with Crippen molar-refractivity contribution in [3.63, 3.8) is 0 Å². The number of rotatable bonds is 7. The monoisotopic (exact) mass is 258 g/mol. The molecule has 0 aliphatic carbocycles. The third kappa shape index (κ3) is 5.60. The summed E-state index contributed by atoms with van der Waals surface area (Å²) >= 11 is 0. The number of hydrogen-bond acceptors (Lipinski definition) is 4. The molecule has 0 aromatic rings. The SMILES string of the molecule is CC(=CC(O)(C=C(C)C(=O)O)CCCO)C(=O)O. The zero-order chi connectivity index (χ0) is 14.3. The van der Waals surface area contributed by atoms with Crippen LogP contribution in [0.1, 0.15) is 26.7 Å². The lowest BCUT2D eigenvalue weighted by Gasteiger charge is -2.21. The van der Waals surface area contributed by atoms with Crippen LogP contribution in [0.15, 0.2) is 23.3 Å². The molecule has 0 aliphatic heterocycles. The quantitative estimate of drug-likeness (QED) is 0.496. The van der Waals surface area contributed by atoms with Crippen molar-refractivity contribution in [1.29, 1.82) is 0 Å². The molecule has 0 atom stereocenters. The Kier molecular flexibility index (Phi) is 6.29. The van der Waals surface area contributed by atoms with Gasteiger partial charge in [-0.25, -0.2) is 9.59 Å². The average Bonchev–Trinajstić information content (AvgIpc) is 2.25. The summed E-state index contributed by atoms with van der Waals surface area (Å²) in [7, 11) is 0. The first kappa shape index (κ1) is 16.3. The Labute approximate surface area is 105 Å². The normalized spacial score (nSPS) is 16.2. The zero-order valence-electron chi connectivity index (χ0n) is 10.4. The fraction of sp³-hybridized carbons (Fsp3) is 0.500. The van der Waals surface area contributed by atoms with Crippen molar-refractivity contribution in [2.24, 2.45) is 0 Å². The molecule has 0 bridgehead atoms. The molecule has 0 saturated heterocycles. The van der Waals surface area contributed by atoms with Gasteiger partial charge in [0.15, 0.2) is 0 Å². The van der Waals surface area contributed by atoms with Crippen molar-refractivity contribution >= 4 is 11.9 Å². The lowest BCUT2D eigenvalue weighted by molar-refractivity contribution is -0.133. The summed E-state index contributed by atoms with van der Waals surface area (Å²) in [6.07, 6.45) is 2.43. The number of aliphatic hydroxyl groups excluding tert-OH is 1. The summed E-state index contributed by atoms with van der Waals surface area (Å²) in [5.41, 5.74) is -1.87. The van der Waals surface area contributed by atoms with Crippen LogP contribution in [0.4, 0.5) is 0 Å². The van der Waals surface area contributed by atoms with Crippen molar-refractivity contribution in [2.45, 2.75) is 32.3 Å². The van der Waals surface area contributed by atoms with Crippen LogP contribution in [0.2, 0.25) is 0 Å². The summed E-state index contributed by atoms with van der Waals surface area (Å²) in [4.78, 5) is 21.4. The third-order valence-electron chi connectivity index (χ3n) is 2.34. The van der Waals surface area contributed by atoms with Gasteiger partial charge in [0.25, 0.3) is 0 Å². The van der Waals surface area contributed by atoms with E-state index in [1.807, 2.05) is 0 Å². The Morgan fingerprint density at radius 1 is 1.06 bits per heavy atom. The first-order valence-corrected chi connectivity index (χ1v) is 5.40. The predicted molar refractivity (Wildman–Crippen MR) is 64.1 cm³/mol. The minimum Gasteiger partial charge on any atom is -0.478 e. The van der Waals surface area contributed by atoms with Gasteiger partial charge in [0, 0.05) is 17.8 Å². The number of carbonyl (C=O) groups is 2. The van der Waals surface area contributed by atoms with Gasteiger partial charge in [-0.3, -0.25) is 0 Å². The Hall–Kier alpha value is -1.66. The summed E-state index contributed by atoms with van der Waals surface area (Å²) in [5.74, 6) is -2.39. The van der Waals surface area contributed by atoms with Crippen LogP contribution >= 0.6 is 0 Å². The molecular formula is C12H18O6. The molecule has 0 spiro atoms. The largest absolute Gasteiger partial charge is 0.478 e. The highest BCUT2D eigenvalue weighted by Crippen LogP contribution is 2.21. The summed E-state index contributed by atoms with van der Waals surface area (Å²) in [5, 5.41) is 36.4. The van der Waals surface area contributed by atoms with Gasteiger partial charge in [-0.15, -0.1) is 0 Å². The maximum absolute atomic E-state index is 10.7. The zero-order valence-corrected chi connectivity index (χ0v) is 10.4. The summed E-state index contributed by atoms with van der Waals surface area (Å²) in [6.45, 7) is 2.43. The van der Waals surface area contributed by atoms with Crippen molar-refractivity contribution in [3.8, 4) is 0 Å². The first-order chi connectivity index (χ1) is 8.22. The highest BCUT2D eigenvalue weighted by atomic mass is 16.4. The number of carboxylic acid groups (broad SMARTS) is 2. The number of aliphatic carboxylic acids is 2. The fourth-order valence-electron chi connectivity index (χ4n) is 1.42. The topological polar surface area (TPSA) is 115 Å². The van der Waals surface area contributed by atoms with Crippen LogP contribution in [0.3, 0.4) is 0 Å². The van der Waals surface area contributed by atoms with E-state index >= 15 is 0 Å². The standard InChI is InChI=1S/C12H18O6/c1-8(10(14)15)6-12(18,4-3-5-13)7-9(2)11(16)17/h6-7,13,18H,3-5H2,1-2H3,(H,14,15)(H,16,17). The highest BCUT2D eigenvalue weighted by Gasteiger charge is 2.23. The highest BCUT2D eigenvalue weighted by molar-refractivity contribution is 5.87. The molecule has 0 rings (SSSR count). The Balaban J connectivity index is 5.30. The molecule has 102 valence electrons.